The Morgan fingerprint density at radius 3 is 2.56 bits per heavy atom. The number of nitrogens with one attached hydrogen (secondary N) is 2. The maximum absolute atomic E-state index is 5.55. The van der Waals surface area contributed by atoms with Crippen LogP contribution in [-0.2, 0) is 6.54 Å². The zero-order chi connectivity index (χ0) is 19.5. The Bertz CT molecular complexity index is 719. The monoisotopic (exact) mass is 370 g/mol. The van der Waals surface area contributed by atoms with Crippen molar-refractivity contribution in [3.8, 4) is 11.5 Å². The van der Waals surface area contributed by atoms with E-state index in [1.54, 1.807) is 14.2 Å². The maximum Gasteiger partial charge on any atom is 0.195 e. The quantitative estimate of drug-likeness (QED) is 0.524. The molecule has 0 bridgehead atoms. The molecular formula is C21H30N4O2. The van der Waals surface area contributed by atoms with E-state index in [1.165, 1.54) is 5.56 Å². The molecule has 0 saturated carbocycles. The molecule has 2 aromatic carbocycles. The number of aliphatic imine (C=N–C) groups is 1. The summed E-state index contributed by atoms with van der Waals surface area (Å²) in [5.74, 6) is 2.14. The lowest BCUT2D eigenvalue weighted by Crippen LogP contribution is -2.36. The number of likely N-dealkylation sites (N-methyl/N-ethyl adjacent to an activating group) is 1. The van der Waals surface area contributed by atoms with E-state index in [9.17, 15) is 0 Å². The number of guanidine groups is 1. The lowest BCUT2D eigenvalue weighted by molar-refractivity contribution is 0.311. The Hall–Kier alpha value is -2.73. The molecule has 0 spiro atoms. The van der Waals surface area contributed by atoms with Gasteiger partial charge in [0.2, 0.25) is 0 Å². The van der Waals surface area contributed by atoms with Crippen LogP contribution in [0.3, 0.4) is 0 Å². The van der Waals surface area contributed by atoms with Crippen LogP contribution in [0.2, 0.25) is 0 Å². The summed E-state index contributed by atoms with van der Waals surface area (Å²) in [5, 5.41) is 6.62. The van der Waals surface area contributed by atoms with Crippen molar-refractivity contribution in [2.75, 3.05) is 46.2 Å². The van der Waals surface area contributed by atoms with Gasteiger partial charge in [0, 0.05) is 38.4 Å². The first-order valence-corrected chi connectivity index (χ1v) is 9.17. The smallest absolute Gasteiger partial charge is 0.195 e. The first-order chi connectivity index (χ1) is 13.2. The minimum atomic E-state index is 0.600. The number of rotatable bonds is 9. The van der Waals surface area contributed by atoms with E-state index in [0.717, 1.165) is 31.1 Å². The van der Waals surface area contributed by atoms with Crippen molar-refractivity contribution < 1.29 is 9.47 Å². The average molecular weight is 370 g/mol. The van der Waals surface area contributed by atoms with Gasteiger partial charge in [0.15, 0.2) is 17.5 Å². The second-order valence-corrected chi connectivity index (χ2v) is 6.15. The third kappa shape index (κ3) is 6.83. The number of hydrogen-bond donors (Lipinski definition) is 2. The highest BCUT2D eigenvalue weighted by atomic mass is 16.5. The largest absolute Gasteiger partial charge is 0.493 e. The van der Waals surface area contributed by atoms with Crippen molar-refractivity contribution in [2.45, 2.75) is 13.5 Å². The topological polar surface area (TPSA) is 58.1 Å². The van der Waals surface area contributed by atoms with E-state index in [1.807, 2.05) is 31.2 Å². The lowest BCUT2D eigenvalue weighted by atomic mass is 10.2. The van der Waals surface area contributed by atoms with Crippen LogP contribution in [0.25, 0.3) is 0 Å². The van der Waals surface area contributed by atoms with Gasteiger partial charge in [-0.1, -0.05) is 30.3 Å². The summed E-state index contributed by atoms with van der Waals surface area (Å²) in [6.45, 7) is 5.17. The number of hydrogen-bond acceptors (Lipinski definition) is 4. The molecule has 0 atom stereocenters. The zero-order valence-corrected chi connectivity index (χ0v) is 16.7. The van der Waals surface area contributed by atoms with Gasteiger partial charge in [-0.25, -0.2) is 0 Å². The van der Waals surface area contributed by atoms with Gasteiger partial charge in [-0.15, -0.1) is 0 Å². The fourth-order valence-electron chi connectivity index (χ4n) is 2.68. The normalized spacial score (nSPS) is 11.4. The number of ether oxygens (including phenoxy) is 2. The highest BCUT2D eigenvalue weighted by molar-refractivity contribution is 5.93. The van der Waals surface area contributed by atoms with Crippen molar-refractivity contribution in [2.24, 2.45) is 4.99 Å². The minimum Gasteiger partial charge on any atom is -0.493 e. The van der Waals surface area contributed by atoms with Crippen LogP contribution in [0, 0.1) is 0 Å². The number of nitrogens with zero attached hydrogens (tertiary/aromatic N) is 2. The van der Waals surface area contributed by atoms with Crippen LogP contribution in [0.4, 0.5) is 5.69 Å². The molecule has 0 unspecified atom stereocenters. The molecule has 0 saturated heterocycles. The van der Waals surface area contributed by atoms with Crippen LogP contribution in [0.15, 0.2) is 53.5 Å². The van der Waals surface area contributed by atoms with Crippen LogP contribution in [-0.4, -0.2) is 51.8 Å². The SMILES string of the molecule is CCOc1ccc(NC(=NC)NCCN(C)Cc2ccccc2)cc1OC. The predicted molar refractivity (Wildman–Crippen MR) is 112 cm³/mol. The van der Waals surface area contributed by atoms with E-state index in [2.05, 4.69) is 51.8 Å². The van der Waals surface area contributed by atoms with Gasteiger partial charge in [-0.3, -0.25) is 4.99 Å². The second kappa shape index (κ2) is 11.1. The fourth-order valence-corrected chi connectivity index (χ4v) is 2.68. The third-order valence-electron chi connectivity index (χ3n) is 4.03. The summed E-state index contributed by atoms with van der Waals surface area (Å²) < 4.78 is 10.9. The molecule has 0 aliphatic heterocycles. The highest BCUT2D eigenvalue weighted by Gasteiger charge is 2.07. The van der Waals surface area contributed by atoms with Crippen molar-refractivity contribution in [1.29, 1.82) is 0 Å². The van der Waals surface area contributed by atoms with Crippen molar-refractivity contribution in [3.63, 3.8) is 0 Å². The second-order valence-electron chi connectivity index (χ2n) is 6.15. The minimum absolute atomic E-state index is 0.600. The number of benzene rings is 2. The van der Waals surface area contributed by atoms with Gasteiger partial charge in [0.25, 0.3) is 0 Å². The van der Waals surface area contributed by atoms with Gasteiger partial charge >= 0.3 is 0 Å². The molecule has 0 heterocycles. The van der Waals surface area contributed by atoms with Gasteiger partial charge in [0.05, 0.1) is 13.7 Å². The molecule has 0 fully saturated rings. The number of methoxy groups -OCH3 is 1. The Labute approximate surface area is 162 Å². The molecule has 0 radical (unpaired) electrons. The summed E-state index contributed by atoms with van der Waals surface area (Å²) in [6.07, 6.45) is 0. The van der Waals surface area contributed by atoms with E-state index in [0.29, 0.717) is 18.3 Å². The molecular weight excluding hydrogens is 340 g/mol. The number of anilines is 1. The predicted octanol–water partition coefficient (Wildman–Crippen LogP) is 3.21. The molecule has 0 amide bonds. The van der Waals surface area contributed by atoms with Gasteiger partial charge in [0.1, 0.15) is 0 Å². The Balaban J connectivity index is 1.83. The van der Waals surface area contributed by atoms with Crippen LogP contribution < -0.4 is 20.1 Å². The molecule has 0 aromatic heterocycles. The molecule has 0 aliphatic carbocycles. The Kier molecular flexibility index (Phi) is 8.45. The maximum atomic E-state index is 5.55. The summed E-state index contributed by atoms with van der Waals surface area (Å²) in [5.41, 5.74) is 2.20. The molecule has 2 N–H and O–H groups in total. The standard InChI is InChI=1S/C21H30N4O2/c1-5-27-19-12-11-18(15-20(19)26-4)24-21(22-2)23-13-14-25(3)16-17-9-7-6-8-10-17/h6-12,15H,5,13-14,16H2,1-4H3,(H2,22,23,24). The van der Waals surface area contributed by atoms with Gasteiger partial charge in [-0.05, 0) is 31.7 Å². The summed E-state index contributed by atoms with van der Waals surface area (Å²) in [4.78, 5) is 6.56. The summed E-state index contributed by atoms with van der Waals surface area (Å²) >= 11 is 0. The van der Waals surface area contributed by atoms with E-state index in [-0.39, 0.29) is 0 Å². The van der Waals surface area contributed by atoms with E-state index in [4.69, 9.17) is 9.47 Å². The first kappa shape index (κ1) is 20.6. The lowest BCUT2D eigenvalue weighted by Gasteiger charge is -2.19. The highest BCUT2D eigenvalue weighted by Crippen LogP contribution is 2.30. The zero-order valence-electron chi connectivity index (χ0n) is 16.7. The van der Waals surface area contributed by atoms with Crippen molar-refractivity contribution in [1.82, 2.24) is 10.2 Å². The molecule has 2 rings (SSSR count). The van der Waals surface area contributed by atoms with Crippen LogP contribution >= 0.6 is 0 Å². The molecule has 146 valence electrons. The van der Waals surface area contributed by atoms with Crippen LogP contribution in [0.5, 0.6) is 11.5 Å². The average Bonchev–Trinajstić information content (AvgIpc) is 2.69. The molecule has 6 nitrogen and oxygen atoms in total. The molecule has 0 aliphatic rings. The van der Waals surface area contributed by atoms with Gasteiger partial charge in [-0.2, -0.15) is 0 Å². The van der Waals surface area contributed by atoms with E-state index < -0.39 is 0 Å². The van der Waals surface area contributed by atoms with E-state index >= 15 is 0 Å². The summed E-state index contributed by atoms with van der Waals surface area (Å²) in [6, 6.07) is 16.2. The molecule has 6 heteroatoms. The molecule has 27 heavy (non-hydrogen) atoms. The summed E-state index contributed by atoms with van der Waals surface area (Å²) in [7, 11) is 5.51. The van der Waals surface area contributed by atoms with Gasteiger partial charge < -0.3 is 25.0 Å². The first-order valence-electron chi connectivity index (χ1n) is 9.17. The third-order valence-corrected chi connectivity index (χ3v) is 4.03. The van der Waals surface area contributed by atoms with Crippen molar-refractivity contribution in [3.05, 3.63) is 54.1 Å². The fraction of sp³-hybridized carbons (Fsp3) is 0.381. The van der Waals surface area contributed by atoms with Crippen LogP contribution in [0.1, 0.15) is 12.5 Å². The Morgan fingerprint density at radius 1 is 1.11 bits per heavy atom. The Morgan fingerprint density at radius 2 is 1.89 bits per heavy atom. The van der Waals surface area contributed by atoms with Crippen molar-refractivity contribution >= 4 is 11.6 Å². The molecule has 2 aromatic rings.